The molecule has 0 aromatic heterocycles. The van der Waals surface area contributed by atoms with Crippen LogP contribution in [0.5, 0.6) is 0 Å². The molecule has 0 aliphatic carbocycles. The van der Waals surface area contributed by atoms with Gasteiger partial charge in [0.2, 0.25) is 0 Å². The molecule has 0 saturated carbocycles. The molecule has 3 nitrogen and oxygen atoms in total. The predicted octanol–water partition coefficient (Wildman–Crippen LogP) is 0.672. The van der Waals surface area contributed by atoms with E-state index in [-0.39, 0.29) is 6.10 Å². The molecule has 4 unspecified atom stereocenters. The van der Waals surface area contributed by atoms with Crippen LogP contribution in [0.15, 0.2) is 0 Å². The van der Waals surface area contributed by atoms with Crippen molar-refractivity contribution >= 4 is 0 Å². The molecule has 1 saturated heterocycles. The van der Waals surface area contributed by atoms with Crippen molar-refractivity contribution in [1.82, 2.24) is 4.90 Å². The first-order valence-corrected chi connectivity index (χ1v) is 5.66. The van der Waals surface area contributed by atoms with Crippen LogP contribution in [-0.4, -0.2) is 41.8 Å². The molecular formula is C11H24N2O. The molecule has 0 aromatic rings. The van der Waals surface area contributed by atoms with Gasteiger partial charge in [0, 0.05) is 25.7 Å². The fraction of sp³-hybridized carbons (Fsp3) is 1.00. The number of hydrogen-bond donors (Lipinski definition) is 2. The highest BCUT2D eigenvalue weighted by Crippen LogP contribution is 2.26. The minimum absolute atomic E-state index is 0.366. The zero-order valence-electron chi connectivity index (χ0n) is 9.61. The van der Waals surface area contributed by atoms with Crippen molar-refractivity contribution in [3.63, 3.8) is 0 Å². The number of nitrogens with two attached hydrogens (primary N) is 1. The lowest BCUT2D eigenvalue weighted by Gasteiger charge is -2.41. The van der Waals surface area contributed by atoms with E-state index in [2.05, 4.69) is 25.7 Å². The summed E-state index contributed by atoms with van der Waals surface area (Å²) in [5.41, 5.74) is 5.43. The second-order valence-electron chi connectivity index (χ2n) is 4.90. The SMILES string of the molecule is CC1CC(C)C(C)N(CC(O)CN)C1. The second kappa shape index (κ2) is 5.10. The van der Waals surface area contributed by atoms with E-state index in [1.807, 2.05) is 0 Å². The number of β-amino-alcohol motifs (C(OH)–C–C–N with tert-alkyl or cyclic N) is 1. The topological polar surface area (TPSA) is 49.5 Å². The van der Waals surface area contributed by atoms with Gasteiger partial charge < -0.3 is 10.8 Å². The van der Waals surface area contributed by atoms with E-state index in [0.29, 0.717) is 12.6 Å². The third-order valence-corrected chi connectivity index (χ3v) is 3.44. The van der Waals surface area contributed by atoms with Crippen LogP contribution in [0.25, 0.3) is 0 Å². The number of hydrogen-bond acceptors (Lipinski definition) is 3. The summed E-state index contributed by atoms with van der Waals surface area (Å²) in [6.45, 7) is 9.02. The predicted molar refractivity (Wildman–Crippen MR) is 59.0 cm³/mol. The van der Waals surface area contributed by atoms with Crippen molar-refractivity contribution < 1.29 is 5.11 Å². The maximum Gasteiger partial charge on any atom is 0.0789 e. The second-order valence-corrected chi connectivity index (χ2v) is 4.90. The molecule has 1 rings (SSSR count). The van der Waals surface area contributed by atoms with E-state index in [4.69, 9.17) is 5.73 Å². The van der Waals surface area contributed by atoms with Crippen molar-refractivity contribution in [3.05, 3.63) is 0 Å². The number of nitrogens with zero attached hydrogens (tertiary/aromatic N) is 1. The van der Waals surface area contributed by atoms with E-state index in [1.54, 1.807) is 0 Å². The van der Waals surface area contributed by atoms with Crippen LogP contribution in [0.3, 0.4) is 0 Å². The van der Waals surface area contributed by atoms with Gasteiger partial charge in [-0.3, -0.25) is 4.90 Å². The van der Waals surface area contributed by atoms with Crippen molar-refractivity contribution in [2.24, 2.45) is 17.6 Å². The Morgan fingerprint density at radius 1 is 1.43 bits per heavy atom. The number of aliphatic hydroxyl groups excluding tert-OH is 1. The zero-order chi connectivity index (χ0) is 10.7. The molecule has 1 aliphatic heterocycles. The lowest BCUT2D eigenvalue weighted by atomic mass is 9.86. The van der Waals surface area contributed by atoms with Crippen LogP contribution in [0.2, 0.25) is 0 Å². The summed E-state index contributed by atoms with van der Waals surface area (Å²) >= 11 is 0. The number of rotatable bonds is 3. The number of likely N-dealkylation sites (tertiary alicyclic amines) is 1. The van der Waals surface area contributed by atoms with E-state index in [9.17, 15) is 5.11 Å². The lowest BCUT2D eigenvalue weighted by Crippen LogP contribution is -2.49. The Hall–Kier alpha value is -0.120. The van der Waals surface area contributed by atoms with Gasteiger partial charge in [0.1, 0.15) is 0 Å². The Morgan fingerprint density at radius 3 is 2.64 bits per heavy atom. The maximum atomic E-state index is 9.53. The molecule has 0 aromatic carbocycles. The van der Waals surface area contributed by atoms with Crippen molar-refractivity contribution in [2.45, 2.75) is 39.3 Å². The fourth-order valence-corrected chi connectivity index (χ4v) is 2.42. The van der Waals surface area contributed by atoms with E-state index in [0.717, 1.165) is 24.9 Å². The van der Waals surface area contributed by atoms with Gasteiger partial charge in [0.25, 0.3) is 0 Å². The fourth-order valence-electron chi connectivity index (χ4n) is 2.42. The Balaban J connectivity index is 2.49. The minimum Gasteiger partial charge on any atom is -0.390 e. The summed E-state index contributed by atoms with van der Waals surface area (Å²) in [7, 11) is 0. The Morgan fingerprint density at radius 2 is 2.07 bits per heavy atom. The molecular weight excluding hydrogens is 176 g/mol. The van der Waals surface area contributed by atoms with Gasteiger partial charge in [-0.2, -0.15) is 0 Å². The van der Waals surface area contributed by atoms with Gasteiger partial charge in [-0.15, -0.1) is 0 Å². The number of aliphatic hydroxyl groups is 1. The van der Waals surface area contributed by atoms with E-state index >= 15 is 0 Å². The first-order valence-electron chi connectivity index (χ1n) is 5.66. The standard InChI is InChI=1S/C11H24N2O/c1-8-4-9(2)10(3)13(6-8)7-11(14)5-12/h8-11,14H,4-7,12H2,1-3H3. The van der Waals surface area contributed by atoms with Gasteiger partial charge in [0.15, 0.2) is 0 Å². The number of piperidine rings is 1. The highest BCUT2D eigenvalue weighted by molar-refractivity contribution is 4.83. The highest BCUT2D eigenvalue weighted by atomic mass is 16.3. The van der Waals surface area contributed by atoms with Crippen molar-refractivity contribution in [1.29, 1.82) is 0 Å². The molecule has 3 N–H and O–H groups in total. The van der Waals surface area contributed by atoms with Crippen LogP contribution in [0.4, 0.5) is 0 Å². The zero-order valence-corrected chi connectivity index (χ0v) is 9.61. The Kier molecular flexibility index (Phi) is 4.35. The third kappa shape index (κ3) is 2.94. The van der Waals surface area contributed by atoms with Crippen LogP contribution >= 0.6 is 0 Å². The first kappa shape index (κ1) is 12.0. The molecule has 4 atom stereocenters. The molecule has 1 fully saturated rings. The molecule has 0 amide bonds. The van der Waals surface area contributed by atoms with Gasteiger partial charge in [-0.25, -0.2) is 0 Å². The van der Waals surface area contributed by atoms with Crippen molar-refractivity contribution in [3.8, 4) is 0 Å². The van der Waals surface area contributed by atoms with Crippen LogP contribution in [-0.2, 0) is 0 Å². The molecule has 14 heavy (non-hydrogen) atoms. The average molecular weight is 200 g/mol. The smallest absolute Gasteiger partial charge is 0.0789 e. The highest BCUT2D eigenvalue weighted by Gasteiger charge is 2.29. The first-order chi connectivity index (χ1) is 6.54. The maximum absolute atomic E-state index is 9.53. The van der Waals surface area contributed by atoms with Crippen LogP contribution < -0.4 is 5.73 Å². The summed E-state index contributed by atoms with van der Waals surface area (Å²) in [6, 6.07) is 0.576. The molecule has 84 valence electrons. The molecule has 0 radical (unpaired) electrons. The Bertz CT molecular complexity index is 175. The summed E-state index contributed by atoms with van der Waals surface area (Å²) in [5.74, 6) is 1.47. The molecule has 1 aliphatic rings. The summed E-state index contributed by atoms with van der Waals surface area (Å²) in [5, 5.41) is 9.53. The third-order valence-electron chi connectivity index (χ3n) is 3.44. The summed E-state index contributed by atoms with van der Waals surface area (Å²) in [6.07, 6.45) is 0.936. The molecule has 3 heteroatoms. The Labute approximate surface area is 87.3 Å². The van der Waals surface area contributed by atoms with Gasteiger partial charge >= 0.3 is 0 Å². The van der Waals surface area contributed by atoms with Crippen LogP contribution in [0.1, 0.15) is 27.2 Å². The molecule has 1 heterocycles. The van der Waals surface area contributed by atoms with E-state index < -0.39 is 0 Å². The normalized spacial score (nSPS) is 37.1. The van der Waals surface area contributed by atoms with Crippen LogP contribution in [0, 0.1) is 11.8 Å². The van der Waals surface area contributed by atoms with E-state index in [1.165, 1.54) is 6.42 Å². The average Bonchev–Trinajstić information content (AvgIpc) is 2.13. The van der Waals surface area contributed by atoms with Gasteiger partial charge in [-0.05, 0) is 25.2 Å². The quantitative estimate of drug-likeness (QED) is 0.704. The minimum atomic E-state index is -0.366. The van der Waals surface area contributed by atoms with Gasteiger partial charge in [0.05, 0.1) is 6.10 Å². The van der Waals surface area contributed by atoms with Gasteiger partial charge in [-0.1, -0.05) is 13.8 Å². The van der Waals surface area contributed by atoms with Crippen molar-refractivity contribution in [2.75, 3.05) is 19.6 Å². The summed E-state index contributed by atoms with van der Waals surface area (Å²) in [4.78, 5) is 2.37. The lowest BCUT2D eigenvalue weighted by molar-refractivity contribution is 0.0350. The largest absolute Gasteiger partial charge is 0.390 e. The summed E-state index contributed by atoms with van der Waals surface area (Å²) < 4.78 is 0. The molecule has 0 spiro atoms. The monoisotopic (exact) mass is 200 g/mol. The molecule has 0 bridgehead atoms.